The molecule has 96 valence electrons. The molecule has 0 amide bonds. The number of ether oxygens (including phenoxy) is 1. The Bertz CT molecular complexity index is 340. The lowest BCUT2D eigenvalue weighted by molar-refractivity contribution is 0.110. The summed E-state index contributed by atoms with van der Waals surface area (Å²) < 4.78 is 7.91. The van der Waals surface area contributed by atoms with E-state index in [2.05, 4.69) is 36.0 Å². The van der Waals surface area contributed by atoms with Crippen LogP contribution in [0.25, 0.3) is 0 Å². The van der Waals surface area contributed by atoms with E-state index in [4.69, 9.17) is 4.74 Å². The van der Waals surface area contributed by atoms with Gasteiger partial charge in [-0.05, 0) is 31.4 Å². The first kappa shape index (κ1) is 12.7. The van der Waals surface area contributed by atoms with Crippen LogP contribution in [-0.4, -0.2) is 23.8 Å². The summed E-state index contributed by atoms with van der Waals surface area (Å²) in [6, 6.07) is 4.47. The molecule has 1 saturated heterocycles. The molecule has 0 aliphatic carbocycles. The Kier molecular flexibility index (Phi) is 4.63. The van der Waals surface area contributed by atoms with Crippen molar-refractivity contribution < 1.29 is 4.74 Å². The molecule has 1 aliphatic rings. The fraction of sp³-hybridized carbons (Fsp3) is 0.714. The Morgan fingerprint density at radius 3 is 2.94 bits per heavy atom. The van der Waals surface area contributed by atoms with Gasteiger partial charge in [0.05, 0.1) is 6.10 Å². The predicted molar refractivity (Wildman–Crippen MR) is 70.1 cm³/mol. The van der Waals surface area contributed by atoms with Crippen molar-refractivity contribution in [3.05, 3.63) is 23.5 Å². The Balaban J connectivity index is 1.78. The quantitative estimate of drug-likeness (QED) is 0.820. The molecule has 1 aliphatic heterocycles. The van der Waals surface area contributed by atoms with E-state index in [0.29, 0.717) is 6.10 Å². The van der Waals surface area contributed by atoms with E-state index >= 15 is 0 Å². The lowest BCUT2D eigenvalue weighted by Gasteiger charge is -2.12. The molecule has 3 heteroatoms. The average Bonchev–Trinajstić information content (AvgIpc) is 2.94. The minimum absolute atomic E-state index is 0.436. The third kappa shape index (κ3) is 3.33. The number of hydrogen-bond acceptors (Lipinski definition) is 2. The molecular weight excluding hydrogens is 212 g/mol. The summed E-state index contributed by atoms with van der Waals surface area (Å²) in [7, 11) is 2.16. The van der Waals surface area contributed by atoms with Gasteiger partial charge in [-0.2, -0.15) is 0 Å². The van der Waals surface area contributed by atoms with Crippen LogP contribution in [0.4, 0.5) is 0 Å². The van der Waals surface area contributed by atoms with Crippen LogP contribution < -0.4 is 5.32 Å². The fourth-order valence-electron chi connectivity index (χ4n) is 2.45. The van der Waals surface area contributed by atoms with Crippen LogP contribution in [0.1, 0.15) is 37.6 Å². The third-order valence-electron chi connectivity index (χ3n) is 3.54. The van der Waals surface area contributed by atoms with E-state index in [1.54, 1.807) is 0 Å². The van der Waals surface area contributed by atoms with E-state index in [1.165, 1.54) is 37.1 Å². The van der Waals surface area contributed by atoms with E-state index in [0.717, 1.165) is 19.7 Å². The van der Waals surface area contributed by atoms with Gasteiger partial charge in [0, 0.05) is 38.1 Å². The second kappa shape index (κ2) is 6.22. The molecule has 0 bridgehead atoms. The molecule has 2 rings (SSSR count). The lowest BCUT2D eigenvalue weighted by Crippen LogP contribution is -2.26. The topological polar surface area (TPSA) is 26.2 Å². The van der Waals surface area contributed by atoms with Crippen molar-refractivity contribution >= 4 is 0 Å². The average molecular weight is 236 g/mol. The van der Waals surface area contributed by atoms with Crippen molar-refractivity contribution in [3.63, 3.8) is 0 Å². The molecule has 1 fully saturated rings. The zero-order chi connectivity index (χ0) is 12.1. The number of hydrogen-bond donors (Lipinski definition) is 1. The molecule has 3 nitrogen and oxygen atoms in total. The van der Waals surface area contributed by atoms with Crippen molar-refractivity contribution in [2.75, 3.05) is 13.2 Å². The first-order chi connectivity index (χ1) is 8.31. The zero-order valence-corrected chi connectivity index (χ0v) is 11.0. The summed E-state index contributed by atoms with van der Waals surface area (Å²) in [5.41, 5.74) is 2.80. The SMILES string of the molecule is CCCc1ccc(CNC[C@@H]2CCCO2)n1C. The Hall–Kier alpha value is -0.800. The molecular formula is C14H24N2O. The van der Waals surface area contributed by atoms with Gasteiger partial charge in [0.15, 0.2) is 0 Å². The molecule has 2 heterocycles. The van der Waals surface area contributed by atoms with Gasteiger partial charge < -0.3 is 14.6 Å². The van der Waals surface area contributed by atoms with Crippen molar-refractivity contribution in [1.82, 2.24) is 9.88 Å². The highest BCUT2D eigenvalue weighted by Crippen LogP contribution is 2.12. The van der Waals surface area contributed by atoms with Crippen LogP contribution in [0.2, 0.25) is 0 Å². The molecule has 0 saturated carbocycles. The van der Waals surface area contributed by atoms with Gasteiger partial charge >= 0.3 is 0 Å². The first-order valence-corrected chi connectivity index (χ1v) is 6.77. The van der Waals surface area contributed by atoms with Gasteiger partial charge in [-0.15, -0.1) is 0 Å². The summed E-state index contributed by atoms with van der Waals surface area (Å²) in [6.45, 7) is 5.09. The normalized spacial score (nSPS) is 20.0. The highest BCUT2D eigenvalue weighted by Gasteiger charge is 2.14. The first-order valence-electron chi connectivity index (χ1n) is 6.77. The fourth-order valence-corrected chi connectivity index (χ4v) is 2.45. The van der Waals surface area contributed by atoms with Crippen molar-refractivity contribution in [3.8, 4) is 0 Å². The standard InChI is InChI=1S/C14H24N2O/c1-3-5-12-7-8-13(16(12)2)10-15-11-14-6-4-9-17-14/h7-8,14-15H,3-6,9-11H2,1-2H3/t14-/m0/s1. The van der Waals surface area contributed by atoms with Crippen molar-refractivity contribution in [2.24, 2.45) is 7.05 Å². The van der Waals surface area contributed by atoms with Gasteiger partial charge in [0.2, 0.25) is 0 Å². The van der Waals surface area contributed by atoms with Gasteiger partial charge in [0.25, 0.3) is 0 Å². The highest BCUT2D eigenvalue weighted by atomic mass is 16.5. The number of nitrogens with one attached hydrogen (secondary N) is 1. The maximum atomic E-state index is 5.60. The third-order valence-corrected chi connectivity index (χ3v) is 3.54. The zero-order valence-electron chi connectivity index (χ0n) is 11.0. The second-order valence-electron chi connectivity index (χ2n) is 4.89. The van der Waals surface area contributed by atoms with Gasteiger partial charge in [-0.25, -0.2) is 0 Å². The molecule has 0 unspecified atom stereocenters. The lowest BCUT2D eigenvalue weighted by atomic mass is 10.2. The van der Waals surface area contributed by atoms with E-state index < -0.39 is 0 Å². The van der Waals surface area contributed by atoms with E-state index in [1.807, 2.05) is 0 Å². The van der Waals surface area contributed by atoms with Crippen LogP contribution >= 0.6 is 0 Å². The Labute approximate surface area is 104 Å². The largest absolute Gasteiger partial charge is 0.377 e. The van der Waals surface area contributed by atoms with Gasteiger partial charge in [-0.3, -0.25) is 0 Å². The second-order valence-corrected chi connectivity index (χ2v) is 4.89. The highest BCUT2D eigenvalue weighted by molar-refractivity contribution is 5.16. The van der Waals surface area contributed by atoms with Crippen molar-refractivity contribution in [2.45, 2.75) is 45.3 Å². The van der Waals surface area contributed by atoms with Crippen LogP contribution in [0, 0.1) is 0 Å². The van der Waals surface area contributed by atoms with Crippen LogP contribution in [0.15, 0.2) is 12.1 Å². The van der Waals surface area contributed by atoms with Gasteiger partial charge in [0.1, 0.15) is 0 Å². The monoisotopic (exact) mass is 236 g/mol. The molecule has 0 radical (unpaired) electrons. The summed E-state index contributed by atoms with van der Waals surface area (Å²) in [4.78, 5) is 0. The van der Waals surface area contributed by atoms with E-state index in [9.17, 15) is 0 Å². The molecule has 1 atom stereocenters. The minimum atomic E-state index is 0.436. The number of aryl methyl sites for hydroxylation is 1. The molecule has 1 N–H and O–H groups in total. The minimum Gasteiger partial charge on any atom is -0.377 e. The predicted octanol–water partition coefficient (Wildman–Crippen LogP) is 2.25. The number of nitrogens with zero attached hydrogens (tertiary/aromatic N) is 1. The summed E-state index contributed by atoms with van der Waals surface area (Å²) in [6.07, 6.45) is 5.24. The molecule has 0 aromatic carbocycles. The Morgan fingerprint density at radius 2 is 2.24 bits per heavy atom. The van der Waals surface area contributed by atoms with E-state index in [-0.39, 0.29) is 0 Å². The van der Waals surface area contributed by atoms with Crippen molar-refractivity contribution in [1.29, 1.82) is 0 Å². The molecule has 1 aromatic rings. The summed E-state index contributed by atoms with van der Waals surface area (Å²) >= 11 is 0. The maximum Gasteiger partial charge on any atom is 0.0700 e. The van der Waals surface area contributed by atoms with Crippen LogP contribution in [0.5, 0.6) is 0 Å². The van der Waals surface area contributed by atoms with Gasteiger partial charge in [-0.1, -0.05) is 13.3 Å². The van der Waals surface area contributed by atoms with Crippen LogP contribution in [0.3, 0.4) is 0 Å². The molecule has 0 spiro atoms. The number of aromatic nitrogens is 1. The summed E-state index contributed by atoms with van der Waals surface area (Å²) in [5, 5.41) is 3.49. The smallest absolute Gasteiger partial charge is 0.0700 e. The maximum absolute atomic E-state index is 5.60. The number of rotatable bonds is 6. The molecule has 1 aromatic heterocycles. The van der Waals surface area contributed by atoms with Crippen LogP contribution in [-0.2, 0) is 24.8 Å². The Morgan fingerprint density at radius 1 is 1.41 bits per heavy atom. The summed E-state index contributed by atoms with van der Waals surface area (Å²) in [5.74, 6) is 0. The molecule has 17 heavy (non-hydrogen) atoms.